The van der Waals surface area contributed by atoms with Gasteiger partial charge in [0.15, 0.2) is 0 Å². The van der Waals surface area contributed by atoms with Gasteiger partial charge in [0, 0.05) is 13.3 Å². The van der Waals surface area contributed by atoms with Crippen LogP contribution in [0.15, 0.2) is 28.9 Å². The van der Waals surface area contributed by atoms with E-state index in [1.165, 1.54) is 0 Å². The van der Waals surface area contributed by atoms with Gasteiger partial charge in [0.2, 0.25) is 17.6 Å². The van der Waals surface area contributed by atoms with Crippen molar-refractivity contribution in [3.8, 4) is 11.5 Å². The van der Waals surface area contributed by atoms with Crippen molar-refractivity contribution in [2.24, 2.45) is 0 Å². The van der Waals surface area contributed by atoms with E-state index in [4.69, 9.17) is 14.0 Å². The Hall–Kier alpha value is -2.32. The monoisotopic (exact) mass is 306 g/mol. The number of carbonyl (C=O) groups excluding carboxylic acids is 1. The van der Waals surface area contributed by atoms with E-state index in [1.807, 2.05) is 6.07 Å². The number of carbonyl (C=O) groups is 1. The molecule has 0 spiro atoms. The van der Waals surface area contributed by atoms with Crippen molar-refractivity contribution in [2.75, 3.05) is 26.9 Å². The quantitative estimate of drug-likeness (QED) is 0.725. The van der Waals surface area contributed by atoms with Crippen molar-refractivity contribution >= 4 is 5.91 Å². The molecule has 1 atom stereocenters. The highest BCUT2D eigenvalue weighted by Gasteiger charge is 2.17. The molecule has 1 unspecified atom stereocenters. The van der Waals surface area contributed by atoms with Crippen molar-refractivity contribution in [2.45, 2.75) is 13.0 Å². The average molecular weight is 306 g/mol. The number of aromatic nitrogens is 3. The zero-order chi connectivity index (χ0) is 15.8. The Labute approximate surface area is 127 Å². The molecule has 118 valence electrons. The molecule has 0 saturated carbocycles. The van der Waals surface area contributed by atoms with E-state index in [1.54, 1.807) is 32.4 Å². The first-order valence-corrected chi connectivity index (χ1v) is 6.81. The second-order valence-electron chi connectivity index (χ2n) is 4.51. The lowest BCUT2D eigenvalue weighted by Crippen LogP contribution is -2.30. The number of ether oxygens (including phenoxy) is 2. The van der Waals surface area contributed by atoms with Gasteiger partial charge < -0.3 is 19.3 Å². The predicted octanol–water partition coefficient (Wildman–Crippen LogP) is 0.972. The number of rotatable bonds is 8. The Kier molecular flexibility index (Phi) is 5.99. The van der Waals surface area contributed by atoms with Gasteiger partial charge in [-0.15, -0.1) is 0 Å². The van der Waals surface area contributed by atoms with Crippen LogP contribution in [-0.2, 0) is 14.3 Å². The lowest BCUT2D eigenvalue weighted by Gasteiger charge is -2.09. The maximum Gasteiger partial charge on any atom is 0.249 e. The van der Waals surface area contributed by atoms with Gasteiger partial charge in [-0.25, -0.2) is 0 Å². The summed E-state index contributed by atoms with van der Waals surface area (Å²) >= 11 is 0. The normalized spacial score (nSPS) is 12.1. The van der Waals surface area contributed by atoms with Crippen LogP contribution in [0.2, 0.25) is 0 Å². The predicted molar refractivity (Wildman–Crippen MR) is 76.8 cm³/mol. The van der Waals surface area contributed by atoms with E-state index in [0.29, 0.717) is 30.6 Å². The largest absolute Gasteiger partial charge is 0.382 e. The average Bonchev–Trinajstić information content (AvgIpc) is 3.02. The van der Waals surface area contributed by atoms with Gasteiger partial charge in [-0.3, -0.25) is 9.78 Å². The molecule has 0 fully saturated rings. The minimum absolute atomic E-state index is 0.0467. The number of nitrogens with zero attached hydrogens (tertiary/aromatic N) is 3. The van der Waals surface area contributed by atoms with Crippen LogP contribution in [0.4, 0.5) is 0 Å². The summed E-state index contributed by atoms with van der Waals surface area (Å²) in [4.78, 5) is 20.1. The summed E-state index contributed by atoms with van der Waals surface area (Å²) in [6.07, 6.45) is 1.65. The summed E-state index contributed by atoms with van der Waals surface area (Å²) in [5, 5.41) is 6.57. The van der Waals surface area contributed by atoms with Crippen LogP contribution in [0, 0.1) is 0 Å². The summed E-state index contributed by atoms with van der Waals surface area (Å²) in [7, 11) is 1.57. The van der Waals surface area contributed by atoms with E-state index >= 15 is 0 Å². The van der Waals surface area contributed by atoms with Gasteiger partial charge in [0.05, 0.1) is 13.2 Å². The number of amides is 1. The van der Waals surface area contributed by atoms with Gasteiger partial charge in [-0.1, -0.05) is 11.2 Å². The van der Waals surface area contributed by atoms with E-state index in [-0.39, 0.29) is 12.5 Å². The van der Waals surface area contributed by atoms with Crippen molar-refractivity contribution in [1.29, 1.82) is 0 Å². The van der Waals surface area contributed by atoms with E-state index in [2.05, 4.69) is 20.4 Å². The van der Waals surface area contributed by atoms with Crippen LogP contribution in [0.3, 0.4) is 0 Å². The first kappa shape index (κ1) is 16.1. The molecule has 8 heteroatoms. The highest BCUT2D eigenvalue weighted by atomic mass is 16.5. The van der Waals surface area contributed by atoms with E-state index in [0.717, 1.165) is 0 Å². The van der Waals surface area contributed by atoms with Crippen LogP contribution in [0.5, 0.6) is 0 Å². The lowest BCUT2D eigenvalue weighted by atomic mass is 10.3. The molecule has 0 aliphatic heterocycles. The Balaban J connectivity index is 1.86. The van der Waals surface area contributed by atoms with Crippen molar-refractivity contribution in [1.82, 2.24) is 20.4 Å². The van der Waals surface area contributed by atoms with Crippen molar-refractivity contribution in [3.05, 3.63) is 30.3 Å². The second-order valence-corrected chi connectivity index (χ2v) is 4.51. The molecule has 0 radical (unpaired) electrons. The molecule has 0 aliphatic rings. The summed E-state index contributed by atoms with van der Waals surface area (Å²) < 4.78 is 15.1. The van der Waals surface area contributed by atoms with Gasteiger partial charge in [0.1, 0.15) is 18.3 Å². The minimum atomic E-state index is -0.413. The van der Waals surface area contributed by atoms with Gasteiger partial charge in [0.25, 0.3) is 0 Å². The highest BCUT2D eigenvalue weighted by Crippen LogP contribution is 2.16. The molecule has 2 heterocycles. The van der Waals surface area contributed by atoms with Crippen LogP contribution < -0.4 is 5.32 Å². The molecule has 0 aliphatic carbocycles. The maximum atomic E-state index is 11.7. The first-order chi connectivity index (χ1) is 10.7. The molecule has 1 amide bonds. The van der Waals surface area contributed by atoms with Gasteiger partial charge >= 0.3 is 0 Å². The fourth-order valence-electron chi connectivity index (χ4n) is 1.66. The van der Waals surface area contributed by atoms with Crippen LogP contribution in [0.25, 0.3) is 11.5 Å². The third-order valence-corrected chi connectivity index (χ3v) is 2.75. The Bertz CT molecular complexity index is 588. The van der Waals surface area contributed by atoms with E-state index in [9.17, 15) is 4.79 Å². The Morgan fingerprint density at radius 2 is 2.27 bits per heavy atom. The first-order valence-electron chi connectivity index (χ1n) is 6.81. The zero-order valence-corrected chi connectivity index (χ0v) is 12.5. The summed E-state index contributed by atoms with van der Waals surface area (Å²) in [6, 6.07) is 5.00. The third-order valence-electron chi connectivity index (χ3n) is 2.75. The van der Waals surface area contributed by atoms with Crippen molar-refractivity contribution < 1.29 is 18.8 Å². The molecule has 0 saturated heterocycles. The van der Waals surface area contributed by atoms with Crippen LogP contribution in [0.1, 0.15) is 18.9 Å². The van der Waals surface area contributed by atoms with Gasteiger partial charge in [-0.2, -0.15) is 4.98 Å². The SMILES string of the molecule is COCCOCC(=O)NC(C)c1nc(-c2ccccn2)no1. The maximum absolute atomic E-state index is 11.7. The highest BCUT2D eigenvalue weighted by molar-refractivity contribution is 5.77. The molecular formula is C14H18N4O4. The topological polar surface area (TPSA) is 99.4 Å². The fraction of sp³-hybridized carbons (Fsp3) is 0.429. The molecule has 0 bridgehead atoms. The number of hydrogen-bond acceptors (Lipinski definition) is 7. The van der Waals surface area contributed by atoms with E-state index < -0.39 is 6.04 Å². The minimum Gasteiger partial charge on any atom is -0.382 e. The summed E-state index contributed by atoms with van der Waals surface area (Å²) in [5.41, 5.74) is 0.610. The molecule has 2 aromatic heterocycles. The number of hydrogen-bond donors (Lipinski definition) is 1. The molecule has 0 aromatic carbocycles. The zero-order valence-electron chi connectivity index (χ0n) is 12.5. The van der Waals surface area contributed by atoms with Crippen LogP contribution in [-0.4, -0.2) is 48.0 Å². The molecule has 1 N–H and O–H groups in total. The smallest absolute Gasteiger partial charge is 0.249 e. The van der Waals surface area contributed by atoms with Crippen molar-refractivity contribution in [3.63, 3.8) is 0 Å². The van der Waals surface area contributed by atoms with Crippen LogP contribution >= 0.6 is 0 Å². The standard InChI is InChI=1S/C14H18N4O4/c1-10(16-12(19)9-21-8-7-20-2)14-17-13(18-22-14)11-5-3-4-6-15-11/h3-6,10H,7-9H2,1-2H3,(H,16,19). The number of nitrogens with one attached hydrogen (secondary N) is 1. The Morgan fingerprint density at radius 3 is 3.00 bits per heavy atom. The second kappa shape index (κ2) is 8.20. The molecule has 8 nitrogen and oxygen atoms in total. The third kappa shape index (κ3) is 4.61. The molecular weight excluding hydrogens is 288 g/mol. The lowest BCUT2D eigenvalue weighted by molar-refractivity contribution is -0.126. The molecule has 2 rings (SSSR count). The van der Waals surface area contributed by atoms with Gasteiger partial charge in [-0.05, 0) is 19.1 Å². The fourth-order valence-corrected chi connectivity index (χ4v) is 1.66. The summed E-state index contributed by atoms with van der Waals surface area (Å²) in [6.45, 7) is 2.51. The molecule has 2 aromatic rings. The Morgan fingerprint density at radius 1 is 1.41 bits per heavy atom. The number of methoxy groups -OCH3 is 1. The molecule has 22 heavy (non-hydrogen) atoms. The number of pyridine rings is 1. The summed E-state index contributed by atoms with van der Waals surface area (Å²) in [5.74, 6) is 0.431.